The van der Waals surface area contributed by atoms with Crippen LogP contribution in [0.15, 0.2) is 91.0 Å². The van der Waals surface area contributed by atoms with Crippen molar-refractivity contribution in [1.29, 1.82) is 0 Å². The van der Waals surface area contributed by atoms with Crippen LogP contribution in [0.1, 0.15) is 23.5 Å². The van der Waals surface area contributed by atoms with Gasteiger partial charge in [0.25, 0.3) is 0 Å². The number of para-hydroxylation sites is 1. The van der Waals surface area contributed by atoms with Crippen molar-refractivity contribution in [1.82, 2.24) is 4.90 Å². The van der Waals surface area contributed by atoms with Crippen LogP contribution in [0.4, 0.5) is 5.69 Å². The topological polar surface area (TPSA) is 23.6 Å². The van der Waals surface area contributed by atoms with E-state index in [1.165, 1.54) is 16.8 Å². The van der Waals surface area contributed by atoms with Crippen molar-refractivity contribution in [3.8, 4) is 0 Å². The molecule has 3 heteroatoms. The molecule has 1 aliphatic rings. The van der Waals surface area contributed by atoms with Gasteiger partial charge in [-0.2, -0.15) is 0 Å². The van der Waals surface area contributed by atoms with Gasteiger partial charge in [0.1, 0.15) is 0 Å². The first kappa shape index (κ1) is 18.3. The fourth-order valence-electron chi connectivity index (χ4n) is 3.96. The molecule has 1 aliphatic heterocycles. The number of benzene rings is 3. The van der Waals surface area contributed by atoms with Crippen molar-refractivity contribution in [3.63, 3.8) is 0 Å². The fourth-order valence-corrected chi connectivity index (χ4v) is 3.96. The van der Waals surface area contributed by atoms with E-state index in [9.17, 15) is 4.79 Å². The summed E-state index contributed by atoms with van der Waals surface area (Å²) < 4.78 is 0. The SMILES string of the molecule is O=C(CC(c1ccccc1)c1ccccc1)N1CCN(c2ccccc2)CC1. The molecule has 1 fully saturated rings. The highest BCUT2D eigenvalue weighted by Crippen LogP contribution is 2.29. The minimum absolute atomic E-state index is 0.0991. The van der Waals surface area contributed by atoms with Crippen LogP contribution < -0.4 is 4.90 Å². The van der Waals surface area contributed by atoms with E-state index in [0.29, 0.717) is 6.42 Å². The average Bonchev–Trinajstić information content (AvgIpc) is 2.79. The molecule has 28 heavy (non-hydrogen) atoms. The summed E-state index contributed by atoms with van der Waals surface area (Å²) in [4.78, 5) is 17.5. The van der Waals surface area contributed by atoms with Gasteiger partial charge in [-0.1, -0.05) is 78.9 Å². The Bertz CT molecular complexity index is 833. The molecule has 0 aromatic heterocycles. The summed E-state index contributed by atoms with van der Waals surface area (Å²) in [5, 5.41) is 0. The maximum atomic E-state index is 13.1. The van der Waals surface area contributed by atoms with Crippen molar-refractivity contribution in [2.24, 2.45) is 0 Å². The Balaban J connectivity index is 1.44. The third kappa shape index (κ3) is 4.25. The predicted molar refractivity (Wildman–Crippen MR) is 115 cm³/mol. The largest absolute Gasteiger partial charge is 0.368 e. The van der Waals surface area contributed by atoms with E-state index in [1.54, 1.807) is 0 Å². The number of hydrogen-bond acceptors (Lipinski definition) is 2. The molecule has 0 aliphatic carbocycles. The normalized spacial score (nSPS) is 14.3. The number of amides is 1. The Morgan fingerprint density at radius 2 is 1.14 bits per heavy atom. The first-order valence-corrected chi connectivity index (χ1v) is 9.99. The van der Waals surface area contributed by atoms with Crippen molar-refractivity contribution in [2.75, 3.05) is 31.1 Å². The van der Waals surface area contributed by atoms with Gasteiger partial charge in [-0.3, -0.25) is 4.79 Å². The maximum Gasteiger partial charge on any atom is 0.223 e. The summed E-state index contributed by atoms with van der Waals surface area (Å²) in [6.45, 7) is 3.34. The monoisotopic (exact) mass is 370 g/mol. The van der Waals surface area contributed by atoms with Gasteiger partial charge in [-0.05, 0) is 23.3 Å². The molecule has 0 radical (unpaired) electrons. The van der Waals surface area contributed by atoms with Crippen LogP contribution in [-0.2, 0) is 4.79 Å². The second-order valence-electron chi connectivity index (χ2n) is 7.28. The maximum absolute atomic E-state index is 13.1. The number of piperazine rings is 1. The second kappa shape index (κ2) is 8.75. The number of nitrogens with zero attached hydrogens (tertiary/aromatic N) is 2. The van der Waals surface area contributed by atoms with Crippen molar-refractivity contribution < 1.29 is 4.79 Å². The summed E-state index contributed by atoms with van der Waals surface area (Å²) in [6, 6.07) is 31.2. The lowest BCUT2D eigenvalue weighted by Gasteiger charge is -2.36. The van der Waals surface area contributed by atoms with E-state index >= 15 is 0 Å². The molecule has 0 bridgehead atoms. The molecule has 1 saturated heterocycles. The minimum atomic E-state index is 0.0991. The quantitative estimate of drug-likeness (QED) is 0.657. The first-order valence-electron chi connectivity index (χ1n) is 9.99. The number of hydrogen-bond donors (Lipinski definition) is 0. The summed E-state index contributed by atoms with van der Waals surface area (Å²) in [5.41, 5.74) is 3.64. The number of rotatable bonds is 5. The molecule has 3 aromatic carbocycles. The highest BCUT2D eigenvalue weighted by molar-refractivity contribution is 5.78. The molecule has 1 amide bonds. The van der Waals surface area contributed by atoms with Crippen LogP contribution in [0.5, 0.6) is 0 Å². The number of carbonyl (C=O) groups is 1. The van der Waals surface area contributed by atoms with Crippen LogP contribution in [0.25, 0.3) is 0 Å². The minimum Gasteiger partial charge on any atom is -0.368 e. The molecule has 0 N–H and O–H groups in total. The molecule has 0 spiro atoms. The lowest BCUT2D eigenvalue weighted by molar-refractivity contribution is -0.131. The zero-order valence-electron chi connectivity index (χ0n) is 16.1. The molecule has 0 saturated carbocycles. The van der Waals surface area contributed by atoms with Crippen molar-refractivity contribution in [2.45, 2.75) is 12.3 Å². The molecule has 142 valence electrons. The summed E-state index contributed by atoms with van der Waals surface area (Å²) in [6.07, 6.45) is 0.513. The third-order valence-electron chi connectivity index (χ3n) is 5.54. The number of anilines is 1. The van der Waals surface area contributed by atoms with E-state index in [1.807, 2.05) is 47.4 Å². The molecular weight excluding hydrogens is 344 g/mol. The van der Waals surface area contributed by atoms with Crippen LogP contribution in [-0.4, -0.2) is 37.0 Å². The highest BCUT2D eigenvalue weighted by atomic mass is 16.2. The van der Waals surface area contributed by atoms with Gasteiger partial charge in [0.15, 0.2) is 0 Å². The first-order chi connectivity index (χ1) is 13.8. The van der Waals surface area contributed by atoms with Crippen LogP contribution in [0.2, 0.25) is 0 Å². The van der Waals surface area contributed by atoms with E-state index in [4.69, 9.17) is 0 Å². The van der Waals surface area contributed by atoms with Gasteiger partial charge in [-0.25, -0.2) is 0 Å². The predicted octanol–water partition coefficient (Wildman–Crippen LogP) is 4.56. The Morgan fingerprint density at radius 3 is 1.64 bits per heavy atom. The van der Waals surface area contributed by atoms with E-state index in [2.05, 4.69) is 53.4 Å². The molecule has 3 aromatic rings. The second-order valence-corrected chi connectivity index (χ2v) is 7.28. The third-order valence-corrected chi connectivity index (χ3v) is 5.54. The number of carbonyl (C=O) groups excluding carboxylic acids is 1. The summed E-state index contributed by atoms with van der Waals surface area (Å²) in [7, 11) is 0. The Hall–Kier alpha value is -3.07. The van der Waals surface area contributed by atoms with Gasteiger partial charge in [0.05, 0.1) is 0 Å². The van der Waals surface area contributed by atoms with Gasteiger partial charge < -0.3 is 9.80 Å². The zero-order valence-corrected chi connectivity index (χ0v) is 16.1. The Kier molecular flexibility index (Phi) is 5.72. The summed E-state index contributed by atoms with van der Waals surface area (Å²) >= 11 is 0. The van der Waals surface area contributed by atoms with Crippen molar-refractivity contribution >= 4 is 11.6 Å². The summed E-state index contributed by atoms with van der Waals surface area (Å²) in [5.74, 6) is 0.340. The van der Waals surface area contributed by atoms with Crippen molar-refractivity contribution in [3.05, 3.63) is 102 Å². The van der Waals surface area contributed by atoms with Crippen LogP contribution >= 0.6 is 0 Å². The molecule has 0 unspecified atom stereocenters. The fraction of sp³-hybridized carbons (Fsp3) is 0.240. The average molecular weight is 370 g/mol. The molecule has 1 heterocycles. The van der Waals surface area contributed by atoms with E-state index < -0.39 is 0 Å². The molecule has 0 atom stereocenters. The van der Waals surface area contributed by atoms with Gasteiger partial charge >= 0.3 is 0 Å². The standard InChI is InChI=1S/C25H26N2O/c28-25(27-18-16-26(17-19-27)23-14-8-3-9-15-23)20-24(21-10-4-1-5-11-21)22-12-6-2-7-13-22/h1-15,24H,16-20H2. The highest BCUT2D eigenvalue weighted by Gasteiger charge is 2.25. The molecule has 4 rings (SSSR count). The van der Waals surface area contributed by atoms with Gasteiger partial charge in [-0.15, -0.1) is 0 Å². The van der Waals surface area contributed by atoms with E-state index in [0.717, 1.165) is 26.2 Å². The van der Waals surface area contributed by atoms with Gasteiger partial charge in [0, 0.05) is 44.2 Å². The Morgan fingerprint density at radius 1 is 0.679 bits per heavy atom. The smallest absolute Gasteiger partial charge is 0.223 e. The van der Waals surface area contributed by atoms with Crippen LogP contribution in [0.3, 0.4) is 0 Å². The molecule has 3 nitrogen and oxygen atoms in total. The van der Waals surface area contributed by atoms with Gasteiger partial charge in [0.2, 0.25) is 5.91 Å². The Labute approximate surface area is 167 Å². The van der Waals surface area contributed by atoms with E-state index in [-0.39, 0.29) is 11.8 Å². The molecular formula is C25H26N2O. The lowest BCUT2D eigenvalue weighted by Crippen LogP contribution is -2.49. The van der Waals surface area contributed by atoms with Crippen LogP contribution in [0, 0.1) is 0 Å². The zero-order chi connectivity index (χ0) is 19.2. The lowest BCUT2D eigenvalue weighted by atomic mass is 9.88.